The van der Waals surface area contributed by atoms with Crippen LogP contribution in [-0.2, 0) is 14.3 Å². The maximum absolute atomic E-state index is 11.8. The molecule has 1 rings (SSSR count). The molecule has 1 heterocycles. The van der Waals surface area contributed by atoms with Crippen molar-refractivity contribution in [3.05, 3.63) is 0 Å². The van der Waals surface area contributed by atoms with Crippen LogP contribution in [0.2, 0.25) is 0 Å². The van der Waals surface area contributed by atoms with Crippen LogP contribution in [0.15, 0.2) is 0 Å². The summed E-state index contributed by atoms with van der Waals surface area (Å²) in [5, 5.41) is 2.82. The summed E-state index contributed by atoms with van der Waals surface area (Å²) in [6, 6.07) is -0.465. The molecule has 0 aromatic rings. The number of ether oxygens (including phenoxy) is 1. The number of carbonyl (C=O) groups excluding carboxylic acids is 2. The van der Waals surface area contributed by atoms with E-state index >= 15 is 0 Å². The summed E-state index contributed by atoms with van der Waals surface area (Å²) in [6.45, 7) is 4.05. The lowest BCUT2D eigenvalue weighted by molar-refractivity contribution is -0.139. The molecule has 2 amide bonds. The molecule has 0 saturated carbocycles. The van der Waals surface area contributed by atoms with Crippen molar-refractivity contribution in [2.45, 2.75) is 13.0 Å². The molecule has 1 aliphatic heterocycles. The summed E-state index contributed by atoms with van der Waals surface area (Å²) in [5.74, 6) is -0.225. The Morgan fingerprint density at radius 1 is 1.47 bits per heavy atom. The Labute approximate surface area is 97.3 Å². The smallest absolute Gasteiger partial charge is 0.245 e. The molecule has 1 fully saturated rings. The normalized spacial score (nSPS) is 18.4. The van der Waals surface area contributed by atoms with Crippen molar-refractivity contribution in [2.24, 2.45) is 0 Å². The van der Waals surface area contributed by atoms with Crippen LogP contribution in [0.25, 0.3) is 0 Å². The van der Waals surface area contributed by atoms with Crippen LogP contribution in [0.3, 0.4) is 0 Å². The van der Waals surface area contributed by atoms with E-state index in [1.807, 2.05) is 0 Å². The van der Waals surface area contributed by atoms with Gasteiger partial charge < -0.3 is 15.0 Å². The summed E-state index contributed by atoms with van der Waals surface area (Å²) in [7, 11) is 0. The van der Waals surface area contributed by atoms with Gasteiger partial charge >= 0.3 is 0 Å². The number of halogens is 1. The Hall–Kier alpha value is -0.620. The molecule has 1 unspecified atom stereocenters. The molecule has 1 aliphatic rings. The minimum atomic E-state index is -0.465. The molecule has 1 atom stereocenters. The highest BCUT2D eigenvalue weighted by atomic mass is 79.9. The van der Waals surface area contributed by atoms with Gasteiger partial charge in [-0.1, -0.05) is 15.9 Å². The van der Waals surface area contributed by atoms with Crippen molar-refractivity contribution in [1.29, 1.82) is 0 Å². The molecular weight excluding hydrogens is 264 g/mol. The van der Waals surface area contributed by atoms with Gasteiger partial charge in [0.05, 0.1) is 18.5 Å². The van der Waals surface area contributed by atoms with Crippen molar-refractivity contribution in [2.75, 3.05) is 31.6 Å². The highest BCUT2D eigenvalue weighted by Gasteiger charge is 2.23. The number of morpholine rings is 1. The molecule has 1 N–H and O–H groups in total. The first-order valence-electron chi connectivity index (χ1n) is 4.87. The fourth-order valence-corrected chi connectivity index (χ4v) is 1.56. The lowest BCUT2D eigenvalue weighted by atomic mass is 10.2. The molecule has 0 aliphatic carbocycles. The third kappa shape index (κ3) is 3.79. The fourth-order valence-electron chi connectivity index (χ4n) is 1.40. The van der Waals surface area contributed by atoms with Gasteiger partial charge in [-0.3, -0.25) is 9.59 Å². The lowest BCUT2D eigenvalue weighted by Gasteiger charge is -2.29. The highest BCUT2D eigenvalue weighted by Crippen LogP contribution is 2.00. The maximum atomic E-state index is 11.8. The zero-order chi connectivity index (χ0) is 11.3. The van der Waals surface area contributed by atoms with E-state index in [0.29, 0.717) is 26.3 Å². The first kappa shape index (κ1) is 12.4. The van der Waals surface area contributed by atoms with Crippen molar-refractivity contribution >= 4 is 27.7 Å². The molecule has 86 valence electrons. The average Bonchev–Trinajstić information content (AvgIpc) is 2.29. The maximum Gasteiger partial charge on any atom is 0.245 e. The van der Waals surface area contributed by atoms with Crippen LogP contribution >= 0.6 is 15.9 Å². The van der Waals surface area contributed by atoms with Crippen molar-refractivity contribution in [3.8, 4) is 0 Å². The topological polar surface area (TPSA) is 58.6 Å². The van der Waals surface area contributed by atoms with Gasteiger partial charge in [-0.05, 0) is 6.92 Å². The van der Waals surface area contributed by atoms with Gasteiger partial charge in [-0.2, -0.15) is 0 Å². The fraction of sp³-hybridized carbons (Fsp3) is 0.778. The Morgan fingerprint density at radius 2 is 2.07 bits per heavy atom. The van der Waals surface area contributed by atoms with Gasteiger partial charge in [0.25, 0.3) is 0 Å². The Kier molecular flexibility index (Phi) is 5.04. The summed E-state index contributed by atoms with van der Waals surface area (Å²) < 4.78 is 5.14. The zero-order valence-corrected chi connectivity index (χ0v) is 10.2. The number of hydrogen-bond acceptors (Lipinski definition) is 3. The summed E-state index contributed by atoms with van der Waals surface area (Å²) in [4.78, 5) is 24.6. The molecule has 6 heteroatoms. The first-order chi connectivity index (χ1) is 7.15. The van der Waals surface area contributed by atoms with E-state index in [4.69, 9.17) is 4.74 Å². The van der Waals surface area contributed by atoms with Crippen LogP contribution in [0.5, 0.6) is 0 Å². The van der Waals surface area contributed by atoms with E-state index in [1.54, 1.807) is 11.8 Å². The summed E-state index contributed by atoms with van der Waals surface area (Å²) in [6.07, 6.45) is 0. The SMILES string of the molecule is CC(NC(=O)CBr)C(=O)N1CCOCC1. The molecule has 0 bridgehead atoms. The van der Waals surface area contributed by atoms with Crippen molar-refractivity contribution < 1.29 is 14.3 Å². The predicted molar refractivity (Wildman–Crippen MR) is 58.8 cm³/mol. The van der Waals surface area contributed by atoms with E-state index in [2.05, 4.69) is 21.2 Å². The third-order valence-corrected chi connectivity index (χ3v) is 2.70. The van der Waals surface area contributed by atoms with E-state index in [1.165, 1.54) is 0 Å². The van der Waals surface area contributed by atoms with E-state index in [0.717, 1.165) is 0 Å². The van der Waals surface area contributed by atoms with Crippen LogP contribution in [0, 0.1) is 0 Å². The Morgan fingerprint density at radius 3 is 2.60 bits per heavy atom. The molecule has 0 aromatic heterocycles. The standard InChI is InChI=1S/C9H15BrN2O3/c1-7(11-8(13)6-10)9(14)12-2-4-15-5-3-12/h7H,2-6H2,1H3,(H,11,13). The van der Waals surface area contributed by atoms with Crippen LogP contribution in [0.1, 0.15) is 6.92 Å². The number of carbonyl (C=O) groups is 2. The van der Waals surface area contributed by atoms with Gasteiger partial charge in [0.2, 0.25) is 11.8 Å². The van der Waals surface area contributed by atoms with Crippen molar-refractivity contribution in [1.82, 2.24) is 10.2 Å². The second kappa shape index (κ2) is 6.07. The number of rotatable bonds is 3. The summed E-state index contributed by atoms with van der Waals surface area (Å²) in [5.41, 5.74) is 0. The number of hydrogen-bond donors (Lipinski definition) is 1. The van der Waals surface area contributed by atoms with E-state index < -0.39 is 6.04 Å². The van der Waals surface area contributed by atoms with Crippen LogP contribution < -0.4 is 5.32 Å². The molecular formula is C9H15BrN2O3. The zero-order valence-electron chi connectivity index (χ0n) is 8.66. The number of nitrogens with one attached hydrogen (secondary N) is 1. The van der Waals surface area contributed by atoms with Gasteiger partial charge in [0, 0.05) is 13.1 Å². The minimum Gasteiger partial charge on any atom is -0.378 e. The third-order valence-electron chi connectivity index (χ3n) is 2.19. The van der Waals surface area contributed by atoms with Gasteiger partial charge in [0.1, 0.15) is 6.04 Å². The van der Waals surface area contributed by atoms with Gasteiger partial charge in [0.15, 0.2) is 0 Å². The largest absolute Gasteiger partial charge is 0.378 e. The summed E-state index contributed by atoms with van der Waals surface area (Å²) >= 11 is 3.03. The van der Waals surface area contributed by atoms with E-state index in [-0.39, 0.29) is 17.1 Å². The Bertz CT molecular complexity index is 242. The molecule has 5 nitrogen and oxygen atoms in total. The monoisotopic (exact) mass is 278 g/mol. The Balaban J connectivity index is 2.40. The van der Waals surface area contributed by atoms with Gasteiger partial charge in [-0.25, -0.2) is 0 Å². The molecule has 0 radical (unpaired) electrons. The quantitative estimate of drug-likeness (QED) is 0.724. The molecule has 0 spiro atoms. The first-order valence-corrected chi connectivity index (χ1v) is 5.99. The van der Waals surface area contributed by atoms with Crippen molar-refractivity contribution in [3.63, 3.8) is 0 Å². The molecule has 0 aromatic carbocycles. The van der Waals surface area contributed by atoms with Gasteiger partial charge in [-0.15, -0.1) is 0 Å². The van der Waals surface area contributed by atoms with Crippen LogP contribution in [-0.4, -0.2) is 54.4 Å². The number of alkyl halides is 1. The highest BCUT2D eigenvalue weighted by molar-refractivity contribution is 9.09. The molecule has 15 heavy (non-hydrogen) atoms. The average molecular weight is 279 g/mol. The minimum absolute atomic E-state index is 0.0485. The second-order valence-electron chi connectivity index (χ2n) is 3.36. The number of amides is 2. The lowest BCUT2D eigenvalue weighted by Crippen LogP contribution is -2.50. The molecule has 1 saturated heterocycles. The number of nitrogens with zero attached hydrogens (tertiary/aromatic N) is 1. The second-order valence-corrected chi connectivity index (χ2v) is 3.92. The predicted octanol–water partition coefficient (Wildman–Crippen LogP) is -0.255. The van der Waals surface area contributed by atoms with Crippen LogP contribution in [0.4, 0.5) is 0 Å². The van der Waals surface area contributed by atoms with E-state index in [9.17, 15) is 9.59 Å².